The number of aliphatic hydroxyl groups is 1. The first kappa shape index (κ1) is 12.3. The Balaban J connectivity index is 1.75. The van der Waals surface area contributed by atoms with E-state index in [9.17, 15) is 9.90 Å². The molecule has 1 amide bonds. The Morgan fingerprint density at radius 1 is 1.50 bits per heavy atom. The molecule has 7 nitrogen and oxygen atoms in total. The molecular weight excluding hydrogens is 234 g/mol. The summed E-state index contributed by atoms with van der Waals surface area (Å²) in [5, 5.41) is 12.1. The minimum atomic E-state index is -0.467. The summed E-state index contributed by atoms with van der Waals surface area (Å²) < 4.78 is 1.76. The summed E-state index contributed by atoms with van der Waals surface area (Å²) in [6, 6.07) is 5.60. The van der Waals surface area contributed by atoms with Crippen LogP contribution in [0.3, 0.4) is 0 Å². The summed E-state index contributed by atoms with van der Waals surface area (Å²) in [5.41, 5.74) is 5.21. The fraction of sp³-hybridized carbons (Fsp3) is 0.364. The van der Waals surface area contributed by atoms with E-state index in [0.29, 0.717) is 19.0 Å². The third kappa shape index (κ3) is 3.70. The average Bonchev–Trinajstić information content (AvgIpc) is 2.39. The van der Waals surface area contributed by atoms with Gasteiger partial charge in [-0.1, -0.05) is 6.07 Å². The van der Waals surface area contributed by atoms with Crippen molar-refractivity contribution >= 4 is 11.9 Å². The molecule has 1 aliphatic rings. The topological polar surface area (TPSA) is 89.6 Å². The first-order valence-corrected chi connectivity index (χ1v) is 5.69. The Morgan fingerprint density at radius 3 is 2.94 bits per heavy atom. The molecule has 2 heterocycles. The largest absolute Gasteiger partial charge is 0.389 e. The predicted octanol–water partition coefficient (Wildman–Crippen LogP) is -2.08. The fourth-order valence-electron chi connectivity index (χ4n) is 1.49. The highest BCUT2D eigenvalue weighted by Gasteiger charge is 2.13. The minimum Gasteiger partial charge on any atom is -0.389 e. The van der Waals surface area contributed by atoms with Gasteiger partial charge in [0, 0.05) is 18.7 Å². The van der Waals surface area contributed by atoms with Gasteiger partial charge in [0.2, 0.25) is 12.5 Å². The van der Waals surface area contributed by atoms with Crippen LogP contribution in [0.1, 0.15) is 0 Å². The van der Waals surface area contributed by atoms with Crippen molar-refractivity contribution in [1.29, 1.82) is 0 Å². The molecule has 1 unspecified atom stereocenters. The number of carbonyl (C=O) groups excluding carboxylic acids is 1. The van der Waals surface area contributed by atoms with Crippen molar-refractivity contribution in [3.05, 3.63) is 30.6 Å². The van der Waals surface area contributed by atoms with Crippen LogP contribution in [-0.4, -0.2) is 36.2 Å². The van der Waals surface area contributed by atoms with Crippen molar-refractivity contribution in [3.63, 3.8) is 0 Å². The van der Waals surface area contributed by atoms with E-state index in [1.807, 2.05) is 30.6 Å². The number of nitrogens with zero attached hydrogens (tertiary/aromatic N) is 2. The Hall–Kier alpha value is -2.15. The standard InChI is InChI=1S/C11H15N5O2/c17-9-6-12-11(13-7-9)15-14-10(18)8-16-4-2-1-3-5-16/h1-5,9,17H,6-8H2,(H2-,12,13,14,15,18)/p+1. The SMILES string of the molecule is O=C(C[n+]1ccccc1)NNC1=NCC(O)CN1. The first-order chi connectivity index (χ1) is 8.74. The molecule has 0 spiro atoms. The molecule has 4 N–H and O–H groups in total. The van der Waals surface area contributed by atoms with Gasteiger partial charge >= 0.3 is 5.91 Å². The molecule has 1 aliphatic heterocycles. The number of aliphatic imine (C=N–C) groups is 1. The predicted molar refractivity (Wildman–Crippen MR) is 64.2 cm³/mol. The van der Waals surface area contributed by atoms with Gasteiger partial charge in [0.05, 0.1) is 12.6 Å². The summed E-state index contributed by atoms with van der Waals surface area (Å²) in [4.78, 5) is 15.6. The van der Waals surface area contributed by atoms with Crippen LogP contribution in [0.15, 0.2) is 35.6 Å². The normalized spacial score (nSPS) is 18.5. The Kier molecular flexibility index (Phi) is 4.08. The molecule has 0 aliphatic carbocycles. The number of β-amino-alcohol motifs (C(OH)–C–C–N with tert-alkyl or cyclic N) is 1. The van der Waals surface area contributed by atoms with Gasteiger partial charge in [0.1, 0.15) is 0 Å². The number of amides is 1. The number of hydrogen-bond donors (Lipinski definition) is 4. The molecule has 7 heteroatoms. The van der Waals surface area contributed by atoms with Gasteiger partial charge in [-0.25, -0.2) is 4.99 Å². The summed E-state index contributed by atoms with van der Waals surface area (Å²) in [6.45, 7) is 0.984. The van der Waals surface area contributed by atoms with E-state index in [0.717, 1.165) is 0 Å². The maximum atomic E-state index is 11.6. The van der Waals surface area contributed by atoms with Gasteiger partial charge in [0.25, 0.3) is 0 Å². The van der Waals surface area contributed by atoms with E-state index >= 15 is 0 Å². The van der Waals surface area contributed by atoms with Gasteiger partial charge in [-0.15, -0.1) is 0 Å². The van der Waals surface area contributed by atoms with Gasteiger partial charge in [-0.2, -0.15) is 4.57 Å². The van der Waals surface area contributed by atoms with Crippen LogP contribution in [0.2, 0.25) is 0 Å². The Labute approximate surface area is 105 Å². The Bertz CT molecular complexity index is 434. The van der Waals surface area contributed by atoms with E-state index in [1.165, 1.54) is 0 Å². The fourth-order valence-corrected chi connectivity index (χ4v) is 1.49. The summed E-state index contributed by atoms with van der Waals surface area (Å²) in [5.74, 6) is 0.286. The molecule has 0 saturated carbocycles. The Morgan fingerprint density at radius 2 is 2.28 bits per heavy atom. The van der Waals surface area contributed by atoms with Crippen molar-refractivity contribution in [3.8, 4) is 0 Å². The molecule has 0 fully saturated rings. The maximum absolute atomic E-state index is 11.6. The molecule has 1 atom stereocenters. The second-order valence-electron chi connectivity index (χ2n) is 3.95. The lowest BCUT2D eigenvalue weighted by Crippen LogP contribution is -2.54. The van der Waals surface area contributed by atoms with Crippen LogP contribution < -0.4 is 20.7 Å². The molecule has 18 heavy (non-hydrogen) atoms. The van der Waals surface area contributed by atoms with Gasteiger partial charge in [-0.05, 0) is 0 Å². The number of hydrazine groups is 1. The molecule has 96 valence electrons. The van der Waals surface area contributed by atoms with Crippen LogP contribution in [0, 0.1) is 0 Å². The van der Waals surface area contributed by atoms with E-state index in [4.69, 9.17) is 0 Å². The van der Waals surface area contributed by atoms with Crippen LogP contribution in [0.25, 0.3) is 0 Å². The highest BCUT2D eigenvalue weighted by molar-refractivity contribution is 5.83. The zero-order valence-corrected chi connectivity index (χ0v) is 9.84. The van der Waals surface area contributed by atoms with Crippen LogP contribution in [-0.2, 0) is 11.3 Å². The number of pyridine rings is 1. The number of rotatable bonds is 2. The molecule has 1 aromatic heterocycles. The number of guanidine groups is 1. The van der Waals surface area contributed by atoms with E-state index in [-0.39, 0.29) is 12.5 Å². The molecule has 2 rings (SSSR count). The third-order valence-electron chi connectivity index (χ3n) is 2.39. The highest BCUT2D eigenvalue weighted by atomic mass is 16.3. The molecule has 0 aromatic carbocycles. The number of nitrogens with one attached hydrogen (secondary N) is 3. The summed E-state index contributed by atoms with van der Waals surface area (Å²) >= 11 is 0. The van der Waals surface area contributed by atoms with E-state index in [2.05, 4.69) is 21.2 Å². The molecular formula is C11H16N5O2+. The number of hydrogen-bond acceptors (Lipinski definition) is 5. The van der Waals surface area contributed by atoms with Crippen molar-refractivity contribution in [2.45, 2.75) is 12.6 Å². The minimum absolute atomic E-state index is 0.179. The highest BCUT2D eigenvalue weighted by Crippen LogP contribution is 1.88. The number of aromatic nitrogens is 1. The summed E-state index contributed by atoms with van der Waals surface area (Å²) in [7, 11) is 0. The van der Waals surface area contributed by atoms with E-state index in [1.54, 1.807) is 4.57 Å². The van der Waals surface area contributed by atoms with Crippen molar-refractivity contribution in [2.75, 3.05) is 13.1 Å². The summed E-state index contributed by atoms with van der Waals surface area (Å²) in [6.07, 6.45) is 3.16. The average molecular weight is 250 g/mol. The zero-order valence-electron chi connectivity index (χ0n) is 9.84. The maximum Gasteiger partial charge on any atom is 0.304 e. The van der Waals surface area contributed by atoms with Gasteiger partial charge in [-0.3, -0.25) is 15.6 Å². The van der Waals surface area contributed by atoms with Crippen molar-refractivity contribution < 1.29 is 14.5 Å². The second kappa shape index (κ2) is 5.97. The lowest BCUT2D eigenvalue weighted by Gasteiger charge is -2.19. The lowest BCUT2D eigenvalue weighted by atomic mass is 10.3. The lowest BCUT2D eigenvalue weighted by molar-refractivity contribution is -0.684. The van der Waals surface area contributed by atoms with Crippen LogP contribution in [0.5, 0.6) is 0 Å². The first-order valence-electron chi connectivity index (χ1n) is 5.69. The van der Waals surface area contributed by atoms with Gasteiger partial charge in [0.15, 0.2) is 12.4 Å². The third-order valence-corrected chi connectivity index (χ3v) is 2.39. The zero-order chi connectivity index (χ0) is 12.8. The number of aliphatic hydroxyl groups excluding tert-OH is 1. The molecule has 0 saturated heterocycles. The van der Waals surface area contributed by atoms with E-state index < -0.39 is 6.10 Å². The van der Waals surface area contributed by atoms with Crippen LogP contribution in [0.4, 0.5) is 0 Å². The molecule has 1 aromatic rings. The smallest absolute Gasteiger partial charge is 0.304 e. The van der Waals surface area contributed by atoms with Gasteiger partial charge < -0.3 is 10.4 Å². The quantitative estimate of drug-likeness (QED) is 0.358. The molecule has 0 radical (unpaired) electrons. The number of carbonyl (C=O) groups is 1. The van der Waals surface area contributed by atoms with Crippen molar-refractivity contribution in [1.82, 2.24) is 16.2 Å². The van der Waals surface area contributed by atoms with Crippen molar-refractivity contribution in [2.24, 2.45) is 4.99 Å². The molecule has 0 bridgehead atoms. The monoisotopic (exact) mass is 250 g/mol. The second-order valence-corrected chi connectivity index (χ2v) is 3.95. The van der Waals surface area contributed by atoms with Crippen LogP contribution >= 0.6 is 0 Å².